The van der Waals surface area contributed by atoms with Crippen molar-refractivity contribution in [2.24, 2.45) is 5.92 Å². The molecule has 3 rings (SSSR count). The van der Waals surface area contributed by atoms with Crippen molar-refractivity contribution in [3.05, 3.63) is 35.4 Å². The number of ether oxygens (including phenoxy) is 3. The molecular formula is C23H33NO4. The number of benzene rings is 1. The van der Waals surface area contributed by atoms with Crippen molar-refractivity contribution in [3.63, 3.8) is 0 Å². The average molecular weight is 388 g/mol. The number of amides is 1. The number of fused-ring (bicyclic) bond motifs is 1. The van der Waals surface area contributed by atoms with Gasteiger partial charge in [-0.3, -0.25) is 0 Å². The summed E-state index contributed by atoms with van der Waals surface area (Å²) in [6.45, 7) is 8.61. The van der Waals surface area contributed by atoms with Crippen molar-refractivity contribution < 1.29 is 19.0 Å². The van der Waals surface area contributed by atoms with Crippen LogP contribution in [0.25, 0.3) is 5.57 Å². The van der Waals surface area contributed by atoms with Gasteiger partial charge in [0.25, 0.3) is 0 Å². The number of nitrogens with zero attached hydrogens (tertiary/aromatic N) is 1. The number of rotatable bonds is 5. The van der Waals surface area contributed by atoms with E-state index in [1.54, 1.807) is 7.11 Å². The van der Waals surface area contributed by atoms with Crippen molar-refractivity contribution in [2.45, 2.75) is 52.1 Å². The molecule has 0 radical (unpaired) electrons. The van der Waals surface area contributed by atoms with E-state index in [9.17, 15) is 4.79 Å². The first-order chi connectivity index (χ1) is 13.4. The third-order valence-corrected chi connectivity index (χ3v) is 5.34. The van der Waals surface area contributed by atoms with Gasteiger partial charge in [-0.2, -0.15) is 0 Å². The van der Waals surface area contributed by atoms with Gasteiger partial charge in [0, 0.05) is 26.6 Å². The highest BCUT2D eigenvalue weighted by Gasteiger charge is 2.27. The van der Waals surface area contributed by atoms with Crippen LogP contribution < -0.4 is 4.74 Å². The van der Waals surface area contributed by atoms with Gasteiger partial charge in [-0.15, -0.1) is 0 Å². The van der Waals surface area contributed by atoms with Crippen LogP contribution in [0.1, 0.15) is 51.2 Å². The molecule has 154 valence electrons. The van der Waals surface area contributed by atoms with Crippen LogP contribution in [0.15, 0.2) is 24.3 Å². The van der Waals surface area contributed by atoms with Crippen LogP contribution in [0.3, 0.4) is 0 Å². The Morgan fingerprint density at radius 2 is 2.04 bits per heavy atom. The Kier molecular flexibility index (Phi) is 6.65. The second kappa shape index (κ2) is 8.99. The quantitative estimate of drug-likeness (QED) is 0.735. The Morgan fingerprint density at radius 3 is 2.71 bits per heavy atom. The SMILES string of the molecule is COC/C=C(/CC1CCN(C(=O)OC(C)(C)C)CC1)c1ccc2c(c1)OCC2. The van der Waals surface area contributed by atoms with Crippen LogP contribution >= 0.6 is 0 Å². The van der Waals surface area contributed by atoms with Crippen LogP contribution in [0.2, 0.25) is 0 Å². The summed E-state index contributed by atoms with van der Waals surface area (Å²) in [4.78, 5) is 14.1. The van der Waals surface area contributed by atoms with Gasteiger partial charge in [0.2, 0.25) is 0 Å². The highest BCUT2D eigenvalue weighted by Crippen LogP contribution is 2.34. The highest BCUT2D eigenvalue weighted by molar-refractivity contribution is 5.69. The van der Waals surface area contributed by atoms with Crippen molar-refractivity contribution in [2.75, 3.05) is 33.4 Å². The van der Waals surface area contributed by atoms with Crippen molar-refractivity contribution >= 4 is 11.7 Å². The molecule has 0 saturated carbocycles. The molecule has 0 atom stereocenters. The first-order valence-electron chi connectivity index (χ1n) is 10.3. The van der Waals surface area contributed by atoms with Crippen LogP contribution in [0.4, 0.5) is 4.79 Å². The molecule has 2 aliphatic rings. The summed E-state index contributed by atoms with van der Waals surface area (Å²) >= 11 is 0. The summed E-state index contributed by atoms with van der Waals surface area (Å²) in [6.07, 6.45) is 5.95. The summed E-state index contributed by atoms with van der Waals surface area (Å²) < 4.78 is 16.5. The van der Waals surface area contributed by atoms with E-state index in [1.807, 2.05) is 25.7 Å². The topological polar surface area (TPSA) is 48.0 Å². The van der Waals surface area contributed by atoms with Crippen molar-refractivity contribution in [3.8, 4) is 5.75 Å². The molecule has 1 fully saturated rings. The van der Waals surface area contributed by atoms with E-state index < -0.39 is 5.60 Å². The van der Waals surface area contributed by atoms with Gasteiger partial charge in [0.05, 0.1) is 13.2 Å². The zero-order valence-corrected chi connectivity index (χ0v) is 17.6. The van der Waals surface area contributed by atoms with Gasteiger partial charge >= 0.3 is 6.09 Å². The Bertz CT molecular complexity index is 712. The second-order valence-electron chi connectivity index (χ2n) is 8.72. The molecule has 0 aliphatic carbocycles. The predicted octanol–water partition coefficient (Wildman–Crippen LogP) is 4.69. The summed E-state index contributed by atoms with van der Waals surface area (Å²) in [6, 6.07) is 6.55. The highest BCUT2D eigenvalue weighted by atomic mass is 16.6. The molecule has 1 saturated heterocycles. The molecule has 5 nitrogen and oxygen atoms in total. The van der Waals surface area contributed by atoms with Gasteiger partial charge in [0.15, 0.2) is 0 Å². The van der Waals surface area contributed by atoms with Gasteiger partial charge in [0.1, 0.15) is 11.4 Å². The fraction of sp³-hybridized carbons (Fsp3) is 0.609. The van der Waals surface area contributed by atoms with Gasteiger partial charge in [-0.05, 0) is 68.7 Å². The normalized spacial score (nSPS) is 18.0. The molecule has 0 spiro atoms. The third kappa shape index (κ3) is 5.51. The average Bonchev–Trinajstić information content (AvgIpc) is 3.12. The standard InChI is InChI=1S/C23H33NO4/c1-23(2,3)28-22(25)24-11-7-17(8-12-24)15-20(9-13-26-4)19-6-5-18-10-14-27-21(18)16-19/h5-6,9,16-17H,7-8,10-15H2,1-4H3/b20-9-. The summed E-state index contributed by atoms with van der Waals surface area (Å²) in [5, 5.41) is 0. The van der Waals surface area contributed by atoms with Gasteiger partial charge in [-0.25, -0.2) is 4.79 Å². The molecule has 1 aromatic rings. The minimum absolute atomic E-state index is 0.197. The predicted molar refractivity (Wildman–Crippen MR) is 111 cm³/mol. The first kappa shape index (κ1) is 20.7. The third-order valence-electron chi connectivity index (χ3n) is 5.34. The maximum absolute atomic E-state index is 12.3. The molecule has 1 aromatic carbocycles. The lowest BCUT2D eigenvalue weighted by atomic mass is 9.87. The molecule has 0 aromatic heterocycles. The molecular weight excluding hydrogens is 354 g/mol. The number of allylic oxidation sites excluding steroid dienone is 1. The lowest BCUT2D eigenvalue weighted by Crippen LogP contribution is -2.41. The van der Waals surface area contributed by atoms with E-state index in [2.05, 4.69) is 24.3 Å². The smallest absolute Gasteiger partial charge is 0.410 e. The van der Waals surface area contributed by atoms with Gasteiger partial charge < -0.3 is 19.1 Å². The van der Waals surface area contributed by atoms with E-state index in [0.29, 0.717) is 12.5 Å². The number of piperidine rings is 1. The molecule has 5 heteroatoms. The second-order valence-corrected chi connectivity index (χ2v) is 8.72. The lowest BCUT2D eigenvalue weighted by Gasteiger charge is -2.33. The maximum Gasteiger partial charge on any atom is 0.410 e. The summed E-state index contributed by atoms with van der Waals surface area (Å²) in [5.74, 6) is 1.57. The minimum Gasteiger partial charge on any atom is -0.493 e. The molecule has 28 heavy (non-hydrogen) atoms. The van der Waals surface area contributed by atoms with E-state index in [4.69, 9.17) is 14.2 Å². The largest absolute Gasteiger partial charge is 0.493 e. The zero-order chi connectivity index (χ0) is 20.1. The zero-order valence-electron chi connectivity index (χ0n) is 17.6. The molecule has 0 unspecified atom stereocenters. The molecule has 0 bridgehead atoms. The van der Waals surface area contributed by atoms with Crippen molar-refractivity contribution in [1.29, 1.82) is 0 Å². The van der Waals surface area contributed by atoms with E-state index >= 15 is 0 Å². The Labute approximate surface area is 168 Å². The van der Waals surface area contributed by atoms with Crippen molar-refractivity contribution in [1.82, 2.24) is 4.90 Å². The lowest BCUT2D eigenvalue weighted by molar-refractivity contribution is 0.0186. The number of hydrogen-bond donors (Lipinski definition) is 0. The first-order valence-corrected chi connectivity index (χ1v) is 10.3. The number of carbonyl (C=O) groups excluding carboxylic acids is 1. The van der Waals surface area contributed by atoms with E-state index in [1.165, 1.54) is 16.7 Å². The Balaban J connectivity index is 1.61. The molecule has 2 heterocycles. The summed E-state index contributed by atoms with van der Waals surface area (Å²) in [7, 11) is 1.72. The fourth-order valence-corrected chi connectivity index (χ4v) is 3.83. The van der Waals surface area contributed by atoms with E-state index in [0.717, 1.165) is 51.1 Å². The minimum atomic E-state index is -0.445. The Morgan fingerprint density at radius 1 is 1.29 bits per heavy atom. The van der Waals surface area contributed by atoms with Crippen LogP contribution in [0.5, 0.6) is 5.75 Å². The monoisotopic (exact) mass is 387 g/mol. The van der Waals surface area contributed by atoms with E-state index in [-0.39, 0.29) is 6.09 Å². The maximum atomic E-state index is 12.3. The van der Waals surface area contributed by atoms with Crippen LogP contribution in [0, 0.1) is 5.92 Å². The molecule has 2 aliphatic heterocycles. The summed E-state index contributed by atoms with van der Waals surface area (Å²) in [5.41, 5.74) is 3.36. The fourth-order valence-electron chi connectivity index (χ4n) is 3.83. The van der Waals surface area contributed by atoms with Gasteiger partial charge in [-0.1, -0.05) is 18.2 Å². The van der Waals surface area contributed by atoms with Crippen LogP contribution in [-0.2, 0) is 15.9 Å². The Hall–Kier alpha value is -2.01. The molecule has 0 N–H and O–H groups in total. The molecule has 1 amide bonds. The number of likely N-dealkylation sites (tertiary alicyclic amines) is 1. The number of carbonyl (C=O) groups is 1. The number of hydrogen-bond acceptors (Lipinski definition) is 4. The number of methoxy groups -OCH3 is 1. The van der Waals surface area contributed by atoms with Crippen LogP contribution in [-0.4, -0.2) is 50.0 Å².